The minimum absolute atomic E-state index is 0.524. The summed E-state index contributed by atoms with van der Waals surface area (Å²) in [7, 11) is 0. The molecule has 1 atom stereocenters. The fourth-order valence-corrected chi connectivity index (χ4v) is 4.41. The van der Waals surface area contributed by atoms with E-state index in [1.165, 1.54) is 77.8 Å². The molecule has 0 saturated carbocycles. The molecule has 0 N–H and O–H groups in total. The number of likely N-dealkylation sites (tertiary alicyclic amines) is 2. The van der Waals surface area contributed by atoms with Crippen molar-refractivity contribution in [2.75, 3.05) is 45.9 Å². The van der Waals surface area contributed by atoms with E-state index in [2.05, 4.69) is 37.5 Å². The van der Waals surface area contributed by atoms with Gasteiger partial charge < -0.3 is 14.5 Å². The Bertz CT molecular complexity index is 318. The summed E-state index contributed by atoms with van der Waals surface area (Å²) in [5.41, 5.74) is 0. The molecule has 0 amide bonds. The van der Waals surface area contributed by atoms with E-state index in [1.54, 1.807) is 0 Å². The van der Waals surface area contributed by atoms with Crippen LogP contribution in [0.25, 0.3) is 0 Å². The molecule has 3 heteroatoms. The Kier molecular flexibility index (Phi) is 9.07. The van der Waals surface area contributed by atoms with Gasteiger partial charge in [0.05, 0.1) is 6.10 Å². The average Bonchev–Trinajstić information content (AvgIpc) is 2.55. The zero-order valence-electron chi connectivity index (χ0n) is 16.8. The van der Waals surface area contributed by atoms with Crippen LogP contribution < -0.4 is 0 Å². The fourth-order valence-electron chi connectivity index (χ4n) is 4.41. The molecule has 0 aromatic carbocycles. The standard InChI is InChI=1S/C21H42N2O/c1-5-6-19(4)16-23-11-7-20(8-12-23)17-24-21-9-13-22(14-10-21)15-18(2)3/h18-21H,5-17H2,1-4H3. The second-order valence-electron chi connectivity index (χ2n) is 8.86. The van der Waals surface area contributed by atoms with Crippen molar-refractivity contribution in [3.8, 4) is 0 Å². The minimum Gasteiger partial charge on any atom is -0.378 e. The lowest BCUT2D eigenvalue weighted by Gasteiger charge is -2.36. The van der Waals surface area contributed by atoms with Crippen molar-refractivity contribution in [3.63, 3.8) is 0 Å². The zero-order chi connectivity index (χ0) is 17.4. The molecule has 3 nitrogen and oxygen atoms in total. The first-order valence-corrected chi connectivity index (χ1v) is 10.6. The Labute approximate surface area is 151 Å². The van der Waals surface area contributed by atoms with Gasteiger partial charge in [0.1, 0.15) is 0 Å². The smallest absolute Gasteiger partial charge is 0.0599 e. The summed E-state index contributed by atoms with van der Waals surface area (Å²) < 4.78 is 6.29. The quantitative estimate of drug-likeness (QED) is 0.624. The molecule has 142 valence electrons. The highest BCUT2D eigenvalue weighted by Crippen LogP contribution is 2.22. The Morgan fingerprint density at radius 1 is 0.875 bits per heavy atom. The molecule has 2 rings (SSSR count). The normalized spacial score (nSPS) is 23.9. The van der Waals surface area contributed by atoms with Crippen LogP contribution in [0, 0.1) is 17.8 Å². The lowest BCUT2D eigenvalue weighted by atomic mass is 9.96. The van der Waals surface area contributed by atoms with E-state index in [4.69, 9.17) is 4.74 Å². The van der Waals surface area contributed by atoms with Crippen LogP contribution in [-0.2, 0) is 4.74 Å². The largest absolute Gasteiger partial charge is 0.378 e. The summed E-state index contributed by atoms with van der Waals surface area (Å²) in [4.78, 5) is 5.29. The van der Waals surface area contributed by atoms with Crippen LogP contribution in [0.2, 0.25) is 0 Å². The molecule has 2 aliphatic heterocycles. The second-order valence-corrected chi connectivity index (χ2v) is 8.86. The van der Waals surface area contributed by atoms with Crippen LogP contribution >= 0.6 is 0 Å². The molecule has 0 radical (unpaired) electrons. The minimum atomic E-state index is 0.524. The van der Waals surface area contributed by atoms with Crippen molar-refractivity contribution >= 4 is 0 Å². The summed E-state index contributed by atoms with van der Waals surface area (Å²) in [5, 5.41) is 0. The summed E-state index contributed by atoms with van der Waals surface area (Å²) in [5.74, 6) is 2.45. The van der Waals surface area contributed by atoms with Gasteiger partial charge in [0, 0.05) is 32.8 Å². The Hall–Kier alpha value is -0.120. The van der Waals surface area contributed by atoms with Crippen LogP contribution in [0.5, 0.6) is 0 Å². The molecule has 2 aliphatic rings. The van der Waals surface area contributed by atoms with E-state index < -0.39 is 0 Å². The maximum absolute atomic E-state index is 6.29. The number of ether oxygens (including phenoxy) is 1. The molecule has 2 saturated heterocycles. The summed E-state index contributed by atoms with van der Waals surface area (Å²) in [6.45, 7) is 17.9. The van der Waals surface area contributed by atoms with E-state index in [1.807, 2.05) is 0 Å². The molecular formula is C21H42N2O. The lowest BCUT2D eigenvalue weighted by molar-refractivity contribution is -0.0211. The maximum Gasteiger partial charge on any atom is 0.0599 e. The molecule has 2 heterocycles. The van der Waals surface area contributed by atoms with E-state index in [9.17, 15) is 0 Å². The SMILES string of the molecule is CCCC(C)CN1CCC(COC2CCN(CC(C)C)CC2)CC1. The van der Waals surface area contributed by atoms with Gasteiger partial charge in [-0.1, -0.05) is 34.1 Å². The van der Waals surface area contributed by atoms with Crippen LogP contribution in [0.4, 0.5) is 0 Å². The van der Waals surface area contributed by atoms with Crippen LogP contribution in [0.3, 0.4) is 0 Å². The third-order valence-corrected chi connectivity index (χ3v) is 5.78. The van der Waals surface area contributed by atoms with E-state index in [-0.39, 0.29) is 0 Å². The van der Waals surface area contributed by atoms with Gasteiger partial charge in [0.15, 0.2) is 0 Å². The highest BCUT2D eigenvalue weighted by molar-refractivity contribution is 4.76. The summed E-state index contributed by atoms with van der Waals surface area (Å²) >= 11 is 0. The summed E-state index contributed by atoms with van der Waals surface area (Å²) in [6, 6.07) is 0. The molecule has 0 spiro atoms. The Morgan fingerprint density at radius 2 is 1.46 bits per heavy atom. The fraction of sp³-hybridized carbons (Fsp3) is 1.00. The van der Waals surface area contributed by atoms with Gasteiger partial charge in [-0.3, -0.25) is 0 Å². The molecule has 1 unspecified atom stereocenters. The van der Waals surface area contributed by atoms with Crippen molar-refractivity contribution < 1.29 is 4.74 Å². The second kappa shape index (κ2) is 10.8. The molecule has 0 aromatic heterocycles. The first-order valence-electron chi connectivity index (χ1n) is 10.6. The molecule has 0 aromatic rings. The van der Waals surface area contributed by atoms with Crippen LogP contribution in [0.1, 0.15) is 66.2 Å². The van der Waals surface area contributed by atoms with Crippen LogP contribution in [-0.4, -0.2) is 61.8 Å². The topological polar surface area (TPSA) is 15.7 Å². The predicted octanol–water partition coefficient (Wildman–Crippen LogP) is 4.27. The van der Waals surface area contributed by atoms with Gasteiger partial charge in [-0.05, 0) is 62.9 Å². The maximum atomic E-state index is 6.29. The third kappa shape index (κ3) is 7.41. The molecule has 24 heavy (non-hydrogen) atoms. The third-order valence-electron chi connectivity index (χ3n) is 5.78. The van der Waals surface area contributed by atoms with Crippen molar-refractivity contribution in [1.82, 2.24) is 9.80 Å². The van der Waals surface area contributed by atoms with Gasteiger partial charge in [-0.15, -0.1) is 0 Å². The molecule has 2 fully saturated rings. The lowest BCUT2D eigenvalue weighted by Crippen LogP contribution is -2.40. The number of hydrogen-bond donors (Lipinski definition) is 0. The first kappa shape index (κ1) is 20.2. The van der Waals surface area contributed by atoms with Crippen molar-refractivity contribution in [1.29, 1.82) is 0 Å². The van der Waals surface area contributed by atoms with Gasteiger partial charge >= 0.3 is 0 Å². The number of piperidine rings is 2. The Balaban J connectivity index is 1.55. The highest BCUT2D eigenvalue weighted by atomic mass is 16.5. The van der Waals surface area contributed by atoms with Gasteiger partial charge in [0.25, 0.3) is 0 Å². The van der Waals surface area contributed by atoms with Gasteiger partial charge in [-0.2, -0.15) is 0 Å². The van der Waals surface area contributed by atoms with Crippen molar-refractivity contribution in [2.24, 2.45) is 17.8 Å². The molecule has 0 bridgehead atoms. The van der Waals surface area contributed by atoms with Gasteiger partial charge in [-0.25, -0.2) is 0 Å². The molecular weight excluding hydrogens is 296 g/mol. The predicted molar refractivity (Wildman–Crippen MR) is 103 cm³/mol. The van der Waals surface area contributed by atoms with Gasteiger partial charge in [0.2, 0.25) is 0 Å². The zero-order valence-corrected chi connectivity index (χ0v) is 16.8. The number of rotatable bonds is 9. The van der Waals surface area contributed by atoms with Crippen molar-refractivity contribution in [2.45, 2.75) is 72.3 Å². The van der Waals surface area contributed by atoms with Crippen molar-refractivity contribution in [3.05, 3.63) is 0 Å². The number of nitrogens with zero attached hydrogens (tertiary/aromatic N) is 2. The van der Waals surface area contributed by atoms with E-state index in [0.717, 1.165) is 24.4 Å². The monoisotopic (exact) mass is 338 g/mol. The van der Waals surface area contributed by atoms with Crippen LogP contribution in [0.15, 0.2) is 0 Å². The number of hydrogen-bond acceptors (Lipinski definition) is 3. The first-order chi connectivity index (χ1) is 11.6. The van der Waals surface area contributed by atoms with E-state index >= 15 is 0 Å². The average molecular weight is 339 g/mol. The highest BCUT2D eigenvalue weighted by Gasteiger charge is 2.24. The molecule has 0 aliphatic carbocycles. The van der Waals surface area contributed by atoms with E-state index in [0.29, 0.717) is 6.10 Å². The summed E-state index contributed by atoms with van der Waals surface area (Å²) in [6.07, 6.45) is 8.37. The Morgan fingerprint density at radius 3 is 2.04 bits per heavy atom.